The molecule has 0 aliphatic carbocycles. The standard InChI is InChI=1S/C21H31N3O5/c1-20(2,3)22-17(25)16-14-23(18(26)28-15-10-8-7-9-11-15)12-13-24(16)19(27)29-21(4,5)6/h7-11,16H,12-14H2,1-6H3,(H,22,25)/t16-/m0/s1. The highest BCUT2D eigenvalue weighted by atomic mass is 16.6. The van der Waals surface area contributed by atoms with E-state index in [0.29, 0.717) is 5.75 Å². The van der Waals surface area contributed by atoms with Crippen molar-refractivity contribution in [3.8, 4) is 5.75 Å². The molecular formula is C21H31N3O5. The number of piperazine rings is 1. The highest BCUT2D eigenvalue weighted by Crippen LogP contribution is 2.19. The third-order valence-electron chi connectivity index (χ3n) is 4.02. The number of rotatable bonds is 2. The monoisotopic (exact) mass is 405 g/mol. The van der Waals surface area contributed by atoms with Gasteiger partial charge in [-0.3, -0.25) is 9.69 Å². The molecule has 1 aliphatic rings. The lowest BCUT2D eigenvalue weighted by atomic mass is 10.1. The Kier molecular flexibility index (Phi) is 6.77. The van der Waals surface area contributed by atoms with Crippen molar-refractivity contribution in [3.63, 3.8) is 0 Å². The second kappa shape index (κ2) is 8.71. The zero-order valence-electron chi connectivity index (χ0n) is 18.0. The zero-order valence-corrected chi connectivity index (χ0v) is 18.0. The molecular weight excluding hydrogens is 374 g/mol. The molecule has 3 amide bonds. The minimum atomic E-state index is -0.874. The average Bonchev–Trinajstić information content (AvgIpc) is 2.59. The summed E-state index contributed by atoms with van der Waals surface area (Å²) in [6.07, 6.45) is -1.14. The van der Waals surface area contributed by atoms with Gasteiger partial charge in [-0.1, -0.05) is 18.2 Å². The van der Waals surface area contributed by atoms with Gasteiger partial charge < -0.3 is 19.7 Å². The van der Waals surface area contributed by atoms with Crippen LogP contribution in [0.3, 0.4) is 0 Å². The van der Waals surface area contributed by atoms with E-state index in [4.69, 9.17) is 9.47 Å². The molecule has 1 heterocycles. The van der Waals surface area contributed by atoms with Crippen LogP contribution >= 0.6 is 0 Å². The van der Waals surface area contributed by atoms with Crippen LogP contribution < -0.4 is 10.1 Å². The number of para-hydroxylation sites is 1. The Labute approximate surface area is 172 Å². The van der Waals surface area contributed by atoms with Crippen LogP contribution in [0.4, 0.5) is 9.59 Å². The number of hydrogen-bond donors (Lipinski definition) is 1. The molecule has 1 aliphatic heterocycles. The largest absolute Gasteiger partial charge is 0.444 e. The number of carbonyl (C=O) groups is 3. The molecule has 1 N–H and O–H groups in total. The van der Waals surface area contributed by atoms with E-state index in [1.807, 2.05) is 26.8 Å². The molecule has 160 valence electrons. The van der Waals surface area contributed by atoms with E-state index in [9.17, 15) is 14.4 Å². The fraction of sp³-hybridized carbons (Fsp3) is 0.571. The van der Waals surface area contributed by atoms with Crippen molar-refractivity contribution in [2.75, 3.05) is 19.6 Å². The van der Waals surface area contributed by atoms with E-state index >= 15 is 0 Å². The fourth-order valence-electron chi connectivity index (χ4n) is 2.82. The van der Waals surface area contributed by atoms with Crippen molar-refractivity contribution in [3.05, 3.63) is 30.3 Å². The van der Waals surface area contributed by atoms with Gasteiger partial charge in [-0.2, -0.15) is 0 Å². The molecule has 29 heavy (non-hydrogen) atoms. The maximum absolute atomic E-state index is 12.9. The molecule has 0 spiro atoms. The summed E-state index contributed by atoms with van der Waals surface area (Å²) < 4.78 is 10.8. The highest BCUT2D eigenvalue weighted by molar-refractivity contribution is 5.87. The Morgan fingerprint density at radius 1 is 0.966 bits per heavy atom. The summed E-state index contributed by atoms with van der Waals surface area (Å²) in [4.78, 5) is 40.9. The second-order valence-electron chi connectivity index (χ2n) is 9.06. The summed E-state index contributed by atoms with van der Waals surface area (Å²) in [5.74, 6) is 0.0725. The number of nitrogens with one attached hydrogen (secondary N) is 1. The smallest absolute Gasteiger partial charge is 0.415 e. The summed E-state index contributed by atoms with van der Waals surface area (Å²) in [5.41, 5.74) is -1.17. The molecule has 1 fully saturated rings. The van der Waals surface area contributed by atoms with E-state index in [1.165, 1.54) is 9.80 Å². The predicted molar refractivity (Wildman–Crippen MR) is 109 cm³/mol. The average molecular weight is 405 g/mol. The van der Waals surface area contributed by atoms with Crippen molar-refractivity contribution in [2.24, 2.45) is 0 Å². The molecule has 8 heteroatoms. The third-order valence-corrected chi connectivity index (χ3v) is 4.02. The number of hydrogen-bond acceptors (Lipinski definition) is 5. The van der Waals surface area contributed by atoms with Crippen LogP contribution in [0, 0.1) is 0 Å². The van der Waals surface area contributed by atoms with Crippen LogP contribution in [0.2, 0.25) is 0 Å². The molecule has 1 saturated heterocycles. The Bertz CT molecular complexity index is 737. The predicted octanol–water partition coefficient (Wildman–Crippen LogP) is 3.02. The van der Waals surface area contributed by atoms with E-state index in [1.54, 1.807) is 45.0 Å². The first-order valence-corrected chi connectivity index (χ1v) is 9.69. The third kappa shape index (κ3) is 6.96. The van der Waals surface area contributed by atoms with Crippen molar-refractivity contribution >= 4 is 18.1 Å². The van der Waals surface area contributed by atoms with Crippen LogP contribution in [0.25, 0.3) is 0 Å². The van der Waals surface area contributed by atoms with Gasteiger partial charge in [0.1, 0.15) is 17.4 Å². The normalized spacial score (nSPS) is 17.5. The van der Waals surface area contributed by atoms with Crippen LogP contribution in [0.15, 0.2) is 30.3 Å². The van der Waals surface area contributed by atoms with E-state index in [0.717, 1.165) is 0 Å². The van der Waals surface area contributed by atoms with Crippen LogP contribution in [0.5, 0.6) is 5.75 Å². The van der Waals surface area contributed by atoms with Crippen molar-refractivity contribution < 1.29 is 23.9 Å². The lowest BCUT2D eigenvalue weighted by molar-refractivity contribution is -0.129. The van der Waals surface area contributed by atoms with Crippen molar-refractivity contribution in [1.29, 1.82) is 0 Å². The van der Waals surface area contributed by atoms with Gasteiger partial charge in [-0.15, -0.1) is 0 Å². The van der Waals surface area contributed by atoms with Crippen LogP contribution in [0.1, 0.15) is 41.5 Å². The second-order valence-corrected chi connectivity index (χ2v) is 9.06. The summed E-state index contributed by atoms with van der Waals surface area (Å²) in [7, 11) is 0. The summed E-state index contributed by atoms with van der Waals surface area (Å²) in [6.45, 7) is 11.3. The molecule has 0 saturated carbocycles. The van der Waals surface area contributed by atoms with Crippen LogP contribution in [-0.2, 0) is 9.53 Å². The molecule has 8 nitrogen and oxygen atoms in total. The van der Waals surface area contributed by atoms with Gasteiger partial charge in [0.25, 0.3) is 0 Å². The van der Waals surface area contributed by atoms with Crippen LogP contribution in [-0.4, -0.2) is 64.7 Å². The van der Waals surface area contributed by atoms with Gasteiger partial charge in [0.15, 0.2) is 0 Å². The van der Waals surface area contributed by atoms with Gasteiger partial charge >= 0.3 is 12.2 Å². The van der Waals surface area contributed by atoms with Gasteiger partial charge in [-0.25, -0.2) is 9.59 Å². The lowest BCUT2D eigenvalue weighted by Crippen LogP contribution is -2.63. The quantitative estimate of drug-likeness (QED) is 0.817. The maximum Gasteiger partial charge on any atom is 0.415 e. The van der Waals surface area contributed by atoms with E-state index < -0.39 is 29.4 Å². The molecule has 0 unspecified atom stereocenters. The summed E-state index contributed by atoms with van der Waals surface area (Å²) >= 11 is 0. The van der Waals surface area contributed by atoms with E-state index in [2.05, 4.69) is 5.32 Å². The number of benzene rings is 1. The first kappa shape index (κ1) is 22.5. The van der Waals surface area contributed by atoms with Gasteiger partial charge in [0, 0.05) is 18.6 Å². The number of nitrogens with zero attached hydrogens (tertiary/aromatic N) is 2. The fourth-order valence-corrected chi connectivity index (χ4v) is 2.82. The van der Waals surface area contributed by atoms with Crippen molar-refractivity contribution in [2.45, 2.75) is 58.7 Å². The van der Waals surface area contributed by atoms with E-state index in [-0.39, 0.29) is 25.5 Å². The SMILES string of the molecule is CC(C)(C)NC(=O)[C@@H]1CN(C(=O)Oc2ccccc2)CCN1C(=O)OC(C)(C)C. The molecule has 1 aromatic rings. The summed E-state index contributed by atoms with van der Waals surface area (Å²) in [6, 6.07) is 7.84. The highest BCUT2D eigenvalue weighted by Gasteiger charge is 2.40. The first-order valence-electron chi connectivity index (χ1n) is 9.69. The zero-order chi connectivity index (χ0) is 21.8. The Morgan fingerprint density at radius 3 is 2.14 bits per heavy atom. The Morgan fingerprint density at radius 2 is 1.59 bits per heavy atom. The molecule has 0 radical (unpaired) electrons. The number of ether oxygens (including phenoxy) is 2. The lowest BCUT2D eigenvalue weighted by Gasteiger charge is -2.41. The van der Waals surface area contributed by atoms with Crippen molar-refractivity contribution in [1.82, 2.24) is 15.1 Å². The molecule has 2 rings (SSSR count). The minimum absolute atomic E-state index is 0.0207. The minimum Gasteiger partial charge on any atom is -0.444 e. The molecule has 0 aromatic heterocycles. The number of carbonyl (C=O) groups excluding carboxylic acids is 3. The first-order chi connectivity index (χ1) is 13.4. The molecule has 0 bridgehead atoms. The summed E-state index contributed by atoms with van der Waals surface area (Å²) in [5, 5.41) is 2.88. The van der Waals surface area contributed by atoms with Gasteiger partial charge in [0.05, 0.1) is 6.54 Å². The Hall–Kier alpha value is -2.77. The maximum atomic E-state index is 12.9. The van der Waals surface area contributed by atoms with Gasteiger partial charge in [0.2, 0.25) is 5.91 Å². The topological polar surface area (TPSA) is 88.2 Å². The number of amides is 3. The molecule has 1 atom stereocenters. The molecule has 1 aromatic carbocycles. The Balaban J connectivity index is 2.16. The van der Waals surface area contributed by atoms with Gasteiger partial charge in [-0.05, 0) is 53.7 Å².